The van der Waals surface area contributed by atoms with Gasteiger partial charge in [0, 0.05) is 10.8 Å². The van der Waals surface area contributed by atoms with E-state index in [1.807, 2.05) is 0 Å². The molecule has 0 bridgehead atoms. The zero-order valence-corrected chi connectivity index (χ0v) is 14.3. The molecule has 0 spiro atoms. The van der Waals surface area contributed by atoms with Gasteiger partial charge in [0.05, 0.1) is 11.0 Å². The molecule has 1 atom stereocenters. The van der Waals surface area contributed by atoms with E-state index in [0.717, 1.165) is 4.34 Å². The molecule has 0 saturated carbocycles. The van der Waals surface area contributed by atoms with Gasteiger partial charge in [-0.1, -0.05) is 36.4 Å². The SMILES string of the molecule is FP1(F)=NP(F)(F)=NP(F)(n2c3ccccc3c3ccccc32)=N1. The lowest BCUT2D eigenvalue weighted by Gasteiger charge is -2.19. The summed E-state index contributed by atoms with van der Waals surface area (Å²) in [6, 6.07) is 12.8. The van der Waals surface area contributed by atoms with Gasteiger partial charge in [0.2, 0.25) is 0 Å². The van der Waals surface area contributed by atoms with Crippen molar-refractivity contribution in [3.05, 3.63) is 48.5 Å². The summed E-state index contributed by atoms with van der Waals surface area (Å²) in [7, 11) is -16.6. The number of halogens is 5. The van der Waals surface area contributed by atoms with Crippen molar-refractivity contribution in [2.24, 2.45) is 13.5 Å². The molecule has 2 heterocycles. The normalized spacial score (nSPS) is 25.0. The van der Waals surface area contributed by atoms with E-state index in [-0.39, 0.29) is 11.0 Å². The monoisotopic (exact) mass is 396 g/mol. The standard InChI is InChI=1S/C12H8F5N4P3/c13-22(14)18-23(15,16)20-24(17,19-22)21-11-7-3-1-5-9(11)10-6-2-4-8-12(10)21/h1-8H. The molecule has 1 aliphatic heterocycles. The van der Waals surface area contributed by atoms with Crippen LogP contribution in [0.2, 0.25) is 0 Å². The van der Waals surface area contributed by atoms with Gasteiger partial charge >= 0.3 is 23.3 Å². The molecule has 1 aromatic heterocycles. The molecule has 3 aromatic rings. The van der Waals surface area contributed by atoms with E-state index < -0.39 is 23.3 Å². The van der Waals surface area contributed by atoms with Crippen molar-refractivity contribution < 1.29 is 21.0 Å². The van der Waals surface area contributed by atoms with Crippen molar-refractivity contribution in [2.75, 3.05) is 0 Å². The maximum absolute atomic E-state index is 15.4. The Bertz CT molecular complexity index is 1100. The Morgan fingerprint density at radius 2 is 1.08 bits per heavy atom. The van der Waals surface area contributed by atoms with Gasteiger partial charge in [0.25, 0.3) is 0 Å². The van der Waals surface area contributed by atoms with Gasteiger partial charge in [0.1, 0.15) is 0 Å². The number of nitrogens with zero attached hydrogens (tertiary/aromatic N) is 4. The minimum atomic E-state index is -5.77. The van der Waals surface area contributed by atoms with E-state index in [9.17, 15) is 16.8 Å². The van der Waals surface area contributed by atoms with E-state index >= 15 is 4.20 Å². The van der Waals surface area contributed by atoms with Crippen LogP contribution in [0.3, 0.4) is 0 Å². The van der Waals surface area contributed by atoms with Crippen LogP contribution in [0, 0.1) is 0 Å². The Morgan fingerprint density at radius 1 is 0.625 bits per heavy atom. The molecule has 2 aromatic carbocycles. The van der Waals surface area contributed by atoms with Gasteiger partial charge in [-0.2, -0.15) is 4.20 Å². The van der Waals surface area contributed by atoms with E-state index in [0.29, 0.717) is 10.8 Å². The van der Waals surface area contributed by atoms with Crippen LogP contribution in [0.25, 0.3) is 21.8 Å². The van der Waals surface area contributed by atoms with Crippen molar-refractivity contribution in [1.82, 2.24) is 4.34 Å². The van der Waals surface area contributed by atoms with Gasteiger partial charge in [-0.15, -0.1) is 30.3 Å². The first kappa shape index (κ1) is 16.1. The van der Waals surface area contributed by atoms with E-state index in [2.05, 4.69) is 13.5 Å². The molecule has 1 aliphatic rings. The number of benzene rings is 2. The molecule has 0 fully saturated rings. The molecule has 4 nitrogen and oxygen atoms in total. The molecule has 24 heavy (non-hydrogen) atoms. The highest BCUT2D eigenvalue weighted by Crippen LogP contribution is 2.82. The predicted molar refractivity (Wildman–Crippen MR) is 88.4 cm³/mol. The lowest BCUT2D eigenvalue weighted by Crippen LogP contribution is -1.91. The van der Waals surface area contributed by atoms with Crippen LogP contribution in [-0.2, 0) is 0 Å². The summed E-state index contributed by atoms with van der Waals surface area (Å²) in [5, 5.41) is 1.11. The topological polar surface area (TPSA) is 42.0 Å². The Labute approximate surface area is 133 Å². The molecule has 0 amide bonds. The molecule has 12 heteroatoms. The molecule has 0 saturated heterocycles. The fraction of sp³-hybridized carbons (Fsp3) is 0. The fourth-order valence-electron chi connectivity index (χ4n) is 2.71. The van der Waals surface area contributed by atoms with Gasteiger partial charge < -0.3 is 0 Å². The lowest BCUT2D eigenvalue weighted by atomic mass is 10.2. The van der Waals surface area contributed by atoms with Crippen LogP contribution in [0.1, 0.15) is 0 Å². The third kappa shape index (κ3) is 2.46. The second-order valence-corrected chi connectivity index (χ2v) is 10.4. The molecule has 0 radical (unpaired) electrons. The number of para-hydroxylation sites is 2. The summed E-state index contributed by atoms with van der Waals surface area (Å²) >= 11 is 0. The number of hydrogen-bond acceptors (Lipinski definition) is 3. The summed E-state index contributed by atoms with van der Waals surface area (Å²) < 4.78 is 78.4. The third-order valence-corrected chi connectivity index (χ3v) is 9.67. The van der Waals surface area contributed by atoms with E-state index in [4.69, 9.17) is 0 Å². The highest BCUT2D eigenvalue weighted by Gasteiger charge is 2.41. The molecule has 0 aliphatic carbocycles. The van der Waals surface area contributed by atoms with Crippen LogP contribution in [-0.4, -0.2) is 4.34 Å². The number of aromatic nitrogens is 1. The summed E-state index contributed by atoms with van der Waals surface area (Å²) in [5.41, 5.74) is 0.396. The Kier molecular flexibility index (Phi) is 3.38. The average Bonchev–Trinajstić information content (AvgIpc) is 2.78. The van der Waals surface area contributed by atoms with Crippen LogP contribution in [0.5, 0.6) is 0 Å². The first-order valence-electron chi connectivity index (χ1n) is 6.60. The first-order valence-corrected chi connectivity index (χ1v) is 11.1. The second-order valence-electron chi connectivity index (χ2n) is 5.02. The zero-order valence-electron chi connectivity index (χ0n) is 11.6. The smallest absolute Gasteiger partial charge is 0.264 e. The summed E-state index contributed by atoms with van der Waals surface area (Å²) in [6.07, 6.45) is 0. The molecular formula is C12H8F5N4P3. The largest absolute Gasteiger partial charge is 0.424 e. The highest BCUT2D eigenvalue weighted by molar-refractivity contribution is 7.79. The van der Waals surface area contributed by atoms with Gasteiger partial charge in [-0.25, -0.2) is 0 Å². The van der Waals surface area contributed by atoms with Crippen LogP contribution < -0.4 is 0 Å². The van der Waals surface area contributed by atoms with Crippen molar-refractivity contribution in [2.45, 2.75) is 0 Å². The molecule has 0 N–H and O–H groups in total. The van der Waals surface area contributed by atoms with Crippen molar-refractivity contribution >= 4 is 45.1 Å². The number of hydrogen-bond donors (Lipinski definition) is 0. The third-order valence-electron chi connectivity index (χ3n) is 3.47. The molecule has 1 unspecified atom stereocenters. The van der Waals surface area contributed by atoms with Crippen molar-refractivity contribution in [3.63, 3.8) is 0 Å². The minimum absolute atomic E-state index is 0.198. The Balaban J connectivity index is 2.24. The number of fused-ring (bicyclic) bond motifs is 3. The van der Waals surface area contributed by atoms with Crippen molar-refractivity contribution in [3.8, 4) is 0 Å². The maximum atomic E-state index is 15.4. The van der Waals surface area contributed by atoms with Crippen LogP contribution in [0.15, 0.2) is 62.1 Å². The first-order chi connectivity index (χ1) is 11.2. The van der Waals surface area contributed by atoms with Crippen LogP contribution >= 0.6 is 23.3 Å². The fourth-order valence-corrected chi connectivity index (χ4v) is 8.87. The molecule has 4 rings (SSSR count). The predicted octanol–water partition coefficient (Wildman–Crippen LogP) is 8.34. The second kappa shape index (κ2) is 5.04. The zero-order chi connectivity index (χ0) is 17.2. The lowest BCUT2D eigenvalue weighted by molar-refractivity contribution is 0.695. The molecule has 126 valence electrons. The highest BCUT2D eigenvalue weighted by atomic mass is 31.3. The van der Waals surface area contributed by atoms with Gasteiger partial charge in [0.15, 0.2) is 0 Å². The van der Waals surface area contributed by atoms with E-state index in [1.165, 1.54) is 12.1 Å². The van der Waals surface area contributed by atoms with Crippen molar-refractivity contribution in [1.29, 1.82) is 0 Å². The van der Waals surface area contributed by atoms with Gasteiger partial charge in [-0.3, -0.25) is 4.34 Å². The minimum Gasteiger partial charge on any atom is -0.264 e. The van der Waals surface area contributed by atoms with E-state index in [1.54, 1.807) is 36.4 Å². The quantitative estimate of drug-likeness (QED) is 0.293. The summed E-state index contributed by atoms with van der Waals surface area (Å²) in [4.78, 5) is 0. The van der Waals surface area contributed by atoms with Gasteiger partial charge in [-0.05, 0) is 12.1 Å². The maximum Gasteiger partial charge on any atom is 0.424 e. The van der Waals surface area contributed by atoms with Crippen LogP contribution in [0.4, 0.5) is 21.0 Å². The number of rotatable bonds is 1. The summed E-state index contributed by atoms with van der Waals surface area (Å²) in [5.74, 6) is 0. The average molecular weight is 396 g/mol. The Hall–Kier alpha value is -1.42. The Morgan fingerprint density at radius 3 is 1.58 bits per heavy atom. The summed E-state index contributed by atoms with van der Waals surface area (Å²) in [6.45, 7) is 0. The molecular weight excluding hydrogens is 388 g/mol.